The second kappa shape index (κ2) is 9.89. The van der Waals surface area contributed by atoms with E-state index in [9.17, 15) is 19.5 Å². The number of hydrazine groups is 1. The monoisotopic (exact) mass is 481 g/mol. The number of urea groups is 1. The Labute approximate surface area is 198 Å². The number of phenolic OH excluding ortho intramolecular Hbond substituents is 1. The number of anilines is 1. The van der Waals surface area contributed by atoms with Gasteiger partial charge in [-0.3, -0.25) is 20.4 Å². The second-order valence-corrected chi connectivity index (χ2v) is 8.49. The number of carbonyl (C=O) groups is 2. The molecule has 0 radical (unpaired) electrons. The molecular formula is C23H23N5O5S. The molecule has 0 bridgehead atoms. The number of benzene rings is 2. The van der Waals surface area contributed by atoms with E-state index in [4.69, 9.17) is 4.42 Å². The van der Waals surface area contributed by atoms with Crippen LogP contribution in [0.3, 0.4) is 0 Å². The summed E-state index contributed by atoms with van der Waals surface area (Å²) in [7, 11) is 0. The average molecular weight is 482 g/mol. The topological polar surface area (TPSA) is 137 Å². The standard InChI is InChI=1S/C23H23N5O5S/c1-3-28(4-2)12-13-8-9-16-18(10-13)34-23(24-16)25-22(32)27-26-20(30)15-11-14-6-5-7-17(29)19(14)33-21(15)31/h5-11,29H,3-4,12H2,1-2H3,(H,26,30)(H2,24,25,27,32). The van der Waals surface area contributed by atoms with Gasteiger partial charge in [0.2, 0.25) is 0 Å². The summed E-state index contributed by atoms with van der Waals surface area (Å²) in [4.78, 5) is 43.4. The van der Waals surface area contributed by atoms with Gasteiger partial charge in [0.15, 0.2) is 16.5 Å². The maximum Gasteiger partial charge on any atom is 0.349 e. The van der Waals surface area contributed by atoms with E-state index in [0.717, 1.165) is 35.4 Å². The molecule has 0 aliphatic rings. The zero-order chi connectivity index (χ0) is 24.2. The quantitative estimate of drug-likeness (QED) is 0.245. The van der Waals surface area contributed by atoms with Crippen molar-refractivity contribution in [1.82, 2.24) is 20.7 Å². The maximum atomic E-state index is 12.4. The number of thiazole rings is 1. The van der Waals surface area contributed by atoms with Gasteiger partial charge in [-0.05, 0) is 42.9 Å². The molecule has 4 N–H and O–H groups in total. The fourth-order valence-electron chi connectivity index (χ4n) is 3.42. The van der Waals surface area contributed by atoms with Crippen LogP contribution < -0.4 is 21.8 Å². The lowest BCUT2D eigenvalue weighted by Gasteiger charge is -2.17. The Morgan fingerprint density at radius 3 is 2.68 bits per heavy atom. The summed E-state index contributed by atoms with van der Waals surface area (Å²) in [5.41, 5.74) is 4.98. The fraction of sp³-hybridized carbons (Fsp3) is 0.217. The number of rotatable bonds is 6. The average Bonchev–Trinajstić information content (AvgIpc) is 3.22. The highest BCUT2D eigenvalue weighted by atomic mass is 32.1. The Morgan fingerprint density at radius 1 is 1.12 bits per heavy atom. The molecule has 0 aliphatic carbocycles. The zero-order valence-corrected chi connectivity index (χ0v) is 19.4. The van der Waals surface area contributed by atoms with Gasteiger partial charge in [0.05, 0.1) is 10.2 Å². The van der Waals surface area contributed by atoms with Crippen molar-refractivity contribution in [2.45, 2.75) is 20.4 Å². The first-order valence-electron chi connectivity index (χ1n) is 10.6. The predicted octanol–water partition coefficient (Wildman–Crippen LogP) is 3.42. The molecule has 0 saturated heterocycles. The number of aromatic nitrogens is 1. The molecule has 0 unspecified atom stereocenters. The largest absolute Gasteiger partial charge is 0.504 e. The van der Waals surface area contributed by atoms with E-state index in [1.807, 2.05) is 18.2 Å². The van der Waals surface area contributed by atoms with Gasteiger partial charge in [-0.15, -0.1) is 0 Å². The van der Waals surface area contributed by atoms with Crippen molar-refractivity contribution in [2.24, 2.45) is 0 Å². The number of amides is 3. The van der Waals surface area contributed by atoms with Crippen LogP contribution in [0.15, 0.2) is 51.7 Å². The summed E-state index contributed by atoms with van der Waals surface area (Å²) < 4.78 is 5.95. The maximum absolute atomic E-state index is 12.4. The van der Waals surface area contributed by atoms with Gasteiger partial charge in [0, 0.05) is 11.9 Å². The molecule has 0 saturated carbocycles. The summed E-state index contributed by atoms with van der Waals surface area (Å²) in [5, 5.41) is 13.1. The van der Waals surface area contributed by atoms with Gasteiger partial charge >= 0.3 is 11.7 Å². The molecule has 0 aliphatic heterocycles. The molecular weight excluding hydrogens is 458 g/mol. The first-order chi connectivity index (χ1) is 16.4. The Morgan fingerprint density at radius 2 is 1.91 bits per heavy atom. The van der Waals surface area contributed by atoms with E-state index in [1.165, 1.54) is 23.5 Å². The Bertz CT molecular complexity index is 1430. The molecule has 4 rings (SSSR count). The second-order valence-electron chi connectivity index (χ2n) is 7.46. The van der Waals surface area contributed by atoms with Crippen molar-refractivity contribution in [3.05, 3.63) is 64.0 Å². The summed E-state index contributed by atoms with van der Waals surface area (Å²) in [6.07, 6.45) is 0. The number of nitrogens with one attached hydrogen (secondary N) is 3. The smallest absolute Gasteiger partial charge is 0.349 e. The summed E-state index contributed by atoms with van der Waals surface area (Å²) in [5.74, 6) is -1.07. The van der Waals surface area contributed by atoms with E-state index >= 15 is 0 Å². The molecule has 3 amide bonds. The predicted molar refractivity (Wildman–Crippen MR) is 130 cm³/mol. The van der Waals surface area contributed by atoms with E-state index in [2.05, 4.69) is 39.9 Å². The number of phenols is 1. The third-order valence-electron chi connectivity index (χ3n) is 5.25. The van der Waals surface area contributed by atoms with Gasteiger partial charge in [0.1, 0.15) is 5.56 Å². The lowest BCUT2D eigenvalue weighted by Crippen LogP contribution is -2.45. The molecule has 176 valence electrons. The van der Waals surface area contributed by atoms with Crippen LogP contribution in [0.25, 0.3) is 21.2 Å². The highest BCUT2D eigenvalue weighted by Crippen LogP contribution is 2.27. The molecule has 2 aromatic carbocycles. The molecule has 0 fully saturated rings. The van der Waals surface area contributed by atoms with E-state index < -0.39 is 17.6 Å². The van der Waals surface area contributed by atoms with Crippen LogP contribution in [-0.2, 0) is 6.54 Å². The third kappa shape index (κ3) is 5.00. The van der Waals surface area contributed by atoms with Crippen LogP contribution >= 0.6 is 11.3 Å². The highest BCUT2D eigenvalue weighted by molar-refractivity contribution is 7.22. The molecule has 0 spiro atoms. The Kier molecular flexibility index (Phi) is 6.75. The van der Waals surface area contributed by atoms with Gasteiger partial charge in [-0.25, -0.2) is 20.0 Å². The van der Waals surface area contributed by atoms with Crippen LogP contribution in [0.1, 0.15) is 29.8 Å². The summed E-state index contributed by atoms with van der Waals surface area (Å²) in [6.45, 7) is 6.98. The first kappa shape index (κ1) is 23.2. The number of para-hydroxylation sites is 1. The van der Waals surface area contributed by atoms with Crippen LogP contribution in [0.5, 0.6) is 5.75 Å². The van der Waals surface area contributed by atoms with Crippen LogP contribution in [0, 0.1) is 0 Å². The molecule has 2 heterocycles. The minimum Gasteiger partial charge on any atom is -0.504 e. The molecule has 10 nitrogen and oxygen atoms in total. The summed E-state index contributed by atoms with van der Waals surface area (Å²) >= 11 is 1.31. The highest BCUT2D eigenvalue weighted by Gasteiger charge is 2.16. The normalized spacial score (nSPS) is 11.1. The number of aromatic hydroxyl groups is 1. The van der Waals surface area contributed by atoms with Crippen molar-refractivity contribution in [3.63, 3.8) is 0 Å². The number of hydrogen-bond acceptors (Lipinski definition) is 8. The SMILES string of the molecule is CCN(CC)Cc1ccc2nc(NC(=O)NNC(=O)c3cc4cccc(O)c4oc3=O)sc2c1. The van der Waals surface area contributed by atoms with Gasteiger partial charge in [-0.2, -0.15) is 0 Å². The molecule has 34 heavy (non-hydrogen) atoms. The van der Waals surface area contributed by atoms with E-state index in [0.29, 0.717) is 10.5 Å². The molecule has 4 aromatic rings. The molecule has 0 atom stereocenters. The van der Waals surface area contributed by atoms with E-state index in [-0.39, 0.29) is 16.9 Å². The number of nitrogens with zero attached hydrogens (tertiary/aromatic N) is 2. The number of fused-ring (bicyclic) bond motifs is 2. The van der Waals surface area contributed by atoms with Gasteiger partial charge in [0.25, 0.3) is 5.91 Å². The fourth-order valence-corrected chi connectivity index (χ4v) is 4.35. The lowest BCUT2D eigenvalue weighted by molar-refractivity contribution is 0.0934. The van der Waals surface area contributed by atoms with Gasteiger partial charge < -0.3 is 9.52 Å². The first-order valence-corrected chi connectivity index (χ1v) is 11.4. The third-order valence-corrected chi connectivity index (χ3v) is 6.18. The van der Waals surface area contributed by atoms with Crippen LogP contribution in [-0.4, -0.2) is 40.0 Å². The Hall–Kier alpha value is -3.96. The van der Waals surface area contributed by atoms with Crippen LogP contribution in [0.2, 0.25) is 0 Å². The molecule has 2 aromatic heterocycles. The number of hydrogen-bond donors (Lipinski definition) is 4. The molecule has 11 heteroatoms. The van der Waals surface area contributed by atoms with E-state index in [1.54, 1.807) is 12.1 Å². The van der Waals surface area contributed by atoms with Crippen molar-refractivity contribution in [2.75, 3.05) is 18.4 Å². The summed E-state index contributed by atoms with van der Waals surface area (Å²) in [6, 6.07) is 11.0. The lowest BCUT2D eigenvalue weighted by atomic mass is 10.1. The van der Waals surface area contributed by atoms with Gasteiger partial charge in [-0.1, -0.05) is 43.4 Å². The van der Waals surface area contributed by atoms with Crippen molar-refractivity contribution in [3.8, 4) is 5.75 Å². The minimum absolute atomic E-state index is 0.0224. The minimum atomic E-state index is -0.944. The van der Waals surface area contributed by atoms with Crippen molar-refractivity contribution < 1.29 is 19.1 Å². The number of carbonyl (C=O) groups excluding carboxylic acids is 2. The van der Waals surface area contributed by atoms with Crippen molar-refractivity contribution >= 4 is 49.6 Å². The van der Waals surface area contributed by atoms with Crippen molar-refractivity contribution in [1.29, 1.82) is 0 Å². The Balaban J connectivity index is 1.40. The van der Waals surface area contributed by atoms with Crippen LogP contribution in [0.4, 0.5) is 9.93 Å². The zero-order valence-electron chi connectivity index (χ0n) is 18.5.